The molecule has 2 atom stereocenters. The number of aliphatic carboxylic acids is 1. The third kappa shape index (κ3) is 2.75. The first-order valence-electron chi connectivity index (χ1n) is 7.19. The van der Waals surface area contributed by atoms with E-state index in [0.717, 1.165) is 24.2 Å². The highest BCUT2D eigenvalue weighted by Crippen LogP contribution is 2.36. The van der Waals surface area contributed by atoms with Gasteiger partial charge in [0, 0.05) is 5.57 Å². The van der Waals surface area contributed by atoms with Gasteiger partial charge in [0.1, 0.15) is 11.7 Å². The van der Waals surface area contributed by atoms with Gasteiger partial charge in [0.25, 0.3) is 0 Å². The van der Waals surface area contributed by atoms with Crippen molar-refractivity contribution in [2.45, 2.75) is 37.6 Å². The molecule has 2 aliphatic rings. The number of hydrogen-bond acceptors (Lipinski definition) is 6. The van der Waals surface area contributed by atoms with E-state index in [0.29, 0.717) is 6.54 Å². The van der Waals surface area contributed by atoms with Gasteiger partial charge >= 0.3 is 5.97 Å². The van der Waals surface area contributed by atoms with Crippen LogP contribution in [0.4, 0.5) is 0 Å². The highest BCUT2D eigenvalue weighted by atomic mass is 32.2. The molecule has 0 spiro atoms. The molecule has 9 heteroatoms. The van der Waals surface area contributed by atoms with Crippen LogP contribution in [0, 0.1) is 0 Å². The van der Waals surface area contributed by atoms with Gasteiger partial charge in [0.2, 0.25) is 5.91 Å². The van der Waals surface area contributed by atoms with E-state index in [1.165, 1.54) is 0 Å². The minimum atomic E-state index is -3.71. The van der Waals surface area contributed by atoms with Gasteiger partial charge in [-0.2, -0.15) is 0 Å². The maximum absolute atomic E-state index is 12.3. The number of rotatable bonds is 7. The van der Waals surface area contributed by atoms with E-state index in [4.69, 9.17) is 0 Å². The predicted octanol–water partition coefficient (Wildman–Crippen LogP) is -0.937. The van der Waals surface area contributed by atoms with Crippen molar-refractivity contribution in [3.05, 3.63) is 11.3 Å². The Bertz CT molecular complexity index is 612. The maximum atomic E-state index is 12.3. The zero-order valence-electron chi connectivity index (χ0n) is 12.3. The molecule has 1 amide bonds. The number of unbranched alkanes of at least 4 members (excludes halogenated alkanes) is 2. The second-order valence-electron chi connectivity index (χ2n) is 5.46. The van der Waals surface area contributed by atoms with Crippen molar-refractivity contribution in [3.63, 3.8) is 0 Å². The van der Waals surface area contributed by atoms with E-state index in [-0.39, 0.29) is 5.57 Å². The van der Waals surface area contributed by atoms with E-state index in [1.807, 2.05) is 6.92 Å². The van der Waals surface area contributed by atoms with Crippen molar-refractivity contribution in [3.8, 4) is 0 Å². The number of aliphatic hydroxyl groups excluding tert-OH is 1. The Morgan fingerprint density at radius 2 is 2.09 bits per heavy atom. The van der Waals surface area contributed by atoms with Gasteiger partial charge in [-0.05, 0) is 13.0 Å². The van der Waals surface area contributed by atoms with E-state index in [2.05, 4.69) is 5.32 Å². The molecule has 0 aliphatic carbocycles. The quantitative estimate of drug-likeness (QED) is 0.406. The van der Waals surface area contributed by atoms with Crippen molar-refractivity contribution >= 4 is 21.7 Å². The number of carboxylic acid groups (broad SMARTS) is 1. The molecule has 2 heterocycles. The van der Waals surface area contributed by atoms with Crippen LogP contribution >= 0.6 is 0 Å². The average Bonchev–Trinajstić information content (AvgIpc) is 2.45. The van der Waals surface area contributed by atoms with E-state index < -0.39 is 51.2 Å². The molecule has 1 fully saturated rings. The van der Waals surface area contributed by atoms with Crippen molar-refractivity contribution in [1.82, 2.24) is 10.2 Å². The zero-order valence-corrected chi connectivity index (χ0v) is 13.1. The van der Waals surface area contributed by atoms with Crippen LogP contribution in [-0.4, -0.2) is 65.7 Å². The van der Waals surface area contributed by atoms with Crippen molar-refractivity contribution in [2.75, 3.05) is 18.9 Å². The van der Waals surface area contributed by atoms with Crippen LogP contribution in [0.5, 0.6) is 0 Å². The minimum Gasteiger partial charge on any atom is -0.477 e. The van der Waals surface area contributed by atoms with Crippen LogP contribution in [0.1, 0.15) is 26.2 Å². The molecular weight excluding hydrogens is 312 g/mol. The standard InChI is InChI=1S/C13H20N2O6S/c1-2-3-4-5-14-9-11(17)15-10(13(18)19)8(6-16)7-22(20,21)12(9)15/h9,12,14,16H,2-7H2,1H3,(H,18,19)/t9-,12+/m0/s1. The van der Waals surface area contributed by atoms with Gasteiger partial charge in [-0.3, -0.25) is 9.69 Å². The molecule has 0 unspecified atom stereocenters. The van der Waals surface area contributed by atoms with Gasteiger partial charge in [-0.25, -0.2) is 13.2 Å². The number of fused-ring (bicyclic) bond motifs is 1. The van der Waals surface area contributed by atoms with Gasteiger partial charge in [0.15, 0.2) is 15.2 Å². The number of hydrogen-bond donors (Lipinski definition) is 3. The van der Waals surface area contributed by atoms with Crippen LogP contribution in [0.25, 0.3) is 0 Å². The largest absolute Gasteiger partial charge is 0.477 e. The summed E-state index contributed by atoms with van der Waals surface area (Å²) in [4.78, 5) is 24.2. The normalized spacial score (nSPS) is 26.6. The zero-order chi connectivity index (χ0) is 16.5. The number of nitrogens with zero attached hydrogens (tertiary/aromatic N) is 1. The topological polar surface area (TPSA) is 124 Å². The second kappa shape index (κ2) is 6.35. The number of β-lactam (4-membered cyclic amide) rings is 1. The summed E-state index contributed by atoms with van der Waals surface area (Å²) in [5.41, 5.74) is -0.555. The Labute approximate surface area is 128 Å². The summed E-state index contributed by atoms with van der Waals surface area (Å²) >= 11 is 0. The monoisotopic (exact) mass is 332 g/mol. The third-order valence-electron chi connectivity index (χ3n) is 3.90. The number of carbonyl (C=O) groups excluding carboxylic acids is 1. The fourth-order valence-electron chi connectivity index (χ4n) is 2.83. The molecule has 0 bridgehead atoms. The van der Waals surface area contributed by atoms with Gasteiger partial charge in [0.05, 0.1) is 12.4 Å². The van der Waals surface area contributed by atoms with Crippen LogP contribution < -0.4 is 5.32 Å². The molecule has 22 heavy (non-hydrogen) atoms. The molecule has 124 valence electrons. The first-order valence-corrected chi connectivity index (χ1v) is 8.91. The molecule has 0 saturated carbocycles. The Balaban J connectivity index is 2.23. The molecule has 0 radical (unpaired) electrons. The summed E-state index contributed by atoms with van der Waals surface area (Å²) in [5, 5.41) is 20.1. The van der Waals surface area contributed by atoms with Crippen molar-refractivity contribution in [2.24, 2.45) is 0 Å². The second-order valence-corrected chi connectivity index (χ2v) is 7.56. The molecule has 0 aromatic rings. The number of carbonyl (C=O) groups is 2. The van der Waals surface area contributed by atoms with Crippen LogP contribution in [0.15, 0.2) is 11.3 Å². The molecule has 8 nitrogen and oxygen atoms in total. The van der Waals surface area contributed by atoms with E-state index in [1.54, 1.807) is 0 Å². The smallest absolute Gasteiger partial charge is 0.352 e. The fraction of sp³-hybridized carbons (Fsp3) is 0.692. The molecule has 0 aromatic heterocycles. The van der Waals surface area contributed by atoms with Crippen molar-refractivity contribution < 1.29 is 28.2 Å². The first kappa shape index (κ1) is 16.9. The SMILES string of the molecule is CCCCCN[C@H]1C(=O)N2C(C(=O)O)=C(CO)CS(=O)(=O)[C@H]12. The first-order chi connectivity index (χ1) is 10.3. The van der Waals surface area contributed by atoms with Gasteiger partial charge < -0.3 is 15.5 Å². The highest BCUT2D eigenvalue weighted by molar-refractivity contribution is 7.92. The Morgan fingerprint density at radius 3 is 2.64 bits per heavy atom. The molecule has 1 saturated heterocycles. The summed E-state index contributed by atoms with van der Waals surface area (Å²) in [7, 11) is -3.71. The van der Waals surface area contributed by atoms with Crippen LogP contribution in [-0.2, 0) is 19.4 Å². The summed E-state index contributed by atoms with van der Waals surface area (Å²) in [5.74, 6) is -2.51. The fourth-order valence-corrected chi connectivity index (χ4v) is 4.87. The van der Waals surface area contributed by atoms with E-state index >= 15 is 0 Å². The summed E-state index contributed by atoms with van der Waals surface area (Å²) in [6.07, 6.45) is 2.78. The summed E-state index contributed by atoms with van der Waals surface area (Å²) < 4.78 is 24.5. The molecule has 0 aromatic carbocycles. The number of sulfone groups is 1. The number of aliphatic hydroxyl groups is 1. The summed E-state index contributed by atoms with van der Waals surface area (Å²) in [6.45, 7) is 1.83. The maximum Gasteiger partial charge on any atom is 0.352 e. The highest BCUT2D eigenvalue weighted by Gasteiger charge is 2.59. The Hall–Kier alpha value is -1.45. The number of carboxylic acids is 1. The lowest BCUT2D eigenvalue weighted by molar-refractivity contribution is -0.149. The lowest BCUT2D eigenvalue weighted by atomic mass is 10.0. The average molecular weight is 332 g/mol. The lowest BCUT2D eigenvalue weighted by Crippen LogP contribution is -2.74. The molecular formula is C13H20N2O6S. The van der Waals surface area contributed by atoms with Crippen LogP contribution in [0.3, 0.4) is 0 Å². The van der Waals surface area contributed by atoms with Crippen LogP contribution in [0.2, 0.25) is 0 Å². The Kier molecular flexibility index (Phi) is 4.88. The number of amides is 1. The van der Waals surface area contributed by atoms with Gasteiger partial charge in [-0.1, -0.05) is 19.8 Å². The molecule has 2 aliphatic heterocycles. The van der Waals surface area contributed by atoms with E-state index in [9.17, 15) is 28.2 Å². The van der Waals surface area contributed by atoms with Gasteiger partial charge in [-0.15, -0.1) is 0 Å². The minimum absolute atomic E-state index is 0.151. The number of nitrogens with one attached hydrogen (secondary N) is 1. The molecule has 2 rings (SSSR count). The third-order valence-corrected chi connectivity index (χ3v) is 5.87. The Morgan fingerprint density at radius 1 is 1.41 bits per heavy atom. The van der Waals surface area contributed by atoms with Crippen molar-refractivity contribution in [1.29, 1.82) is 0 Å². The lowest BCUT2D eigenvalue weighted by Gasteiger charge is -2.49. The molecule has 3 N–H and O–H groups in total. The predicted molar refractivity (Wildman–Crippen MR) is 77.5 cm³/mol. The summed E-state index contributed by atoms with van der Waals surface area (Å²) in [6, 6.07) is -0.906.